The Kier molecular flexibility index (Phi) is 6.46. The molecule has 0 saturated heterocycles. The van der Waals surface area contributed by atoms with E-state index in [1.54, 1.807) is 25.2 Å². The van der Waals surface area contributed by atoms with Gasteiger partial charge in [-0.15, -0.1) is 0 Å². The SMILES string of the molecule is CCOc1cc(C(=O)N(C)Cc2c[n+](O)c(CF)c3cn[nH]c23)ccc1-c1cccc(Cl)c1. The van der Waals surface area contributed by atoms with E-state index < -0.39 is 6.67 Å². The van der Waals surface area contributed by atoms with Crippen molar-refractivity contribution in [3.8, 4) is 16.9 Å². The van der Waals surface area contributed by atoms with Gasteiger partial charge in [0.2, 0.25) is 6.20 Å². The van der Waals surface area contributed by atoms with Crippen LogP contribution in [0.15, 0.2) is 54.9 Å². The van der Waals surface area contributed by atoms with E-state index in [0.29, 0.717) is 39.4 Å². The maximum atomic E-state index is 13.3. The topological polar surface area (TPSA) is 82.3 Å². The standard InChI is InChI=1S/C24H22ClFN4O3/c1-3-33-22-10-16(7-8-19(22)15-5-4-6-18(25)9-15)24(31)29(2)13-17-14-30(32)21(11-26)20-12-27-28-23(17)20/h4-10,12,14,32H,3,11,13H2,1-2H3/p+1. The van der Waals surface area contributed by atoms with Crippen LogP contribution >= 0.6 is 11.6 Å². The van der Waals surface area contributed by atoms with Crippen LogP contribution in [-0.4, -0.2) is 39.9 Å². The van der Waals surface area contributed by atoms with Crippen LogP contribution in [0.5, 0.6) is 5.75 Å². The summed E-state index contributed by atoms with van der Waals surface area (Å²) >= 11 is 6.14. The molecule has 0 spiro atoms. The normalized spacial score (nSPS) is 11.0. The summed E-state index contributed by atoms with van der Waals surface area (Å²) in [4.78, 5) is 14.7. The maximum Gasteiger partial charge on any atom is 0.275 e. The second-order valence-electron chi connectivity index (χ2n) is 7.55. The number of nitrogens with zero attached hydrogens (tertiary/aromatic N) is 3. The summed E-state index contributed by atoms with van der Waals surface area (Å²) in [7, 11) is 1.65. The van der Waals surface area contributed by atoms with Gasteiger partial charge in [0.15, 0.2) is 6.67 Å². The highest BCUT2D eigenvalue weighted by Gasteiger charge is 2.23. The van der Waals surface area contributed by atoms with E-state index >= 15 is 0 Å². The number of pyridine rings is 1. The van der Waals surface area contributed by atoms with Crippen molar-refractivity contribution < 1.29 is 23.9 Å². The van der Waals surface area contributed by atoms with E-state index in [1.165, 1.54) is 17.3 Å². The molecule has 0 aliphatic heterocycles. The molecule has 9 heteroatoms. The fraction of sp³-hybridized carbons (Fsp3) is 0.208. The highest BCUT2D eigenvalue weighted by atomic mass is 35.5. The number of benzene rings is 2. The van der Waals surface area contributed by atoms with Crippen LogP contribution in [0.2, 0.25) is 5.02 Å². The van der Waals surface area contributed by atoms with E-state index in [2.05, 4.69) is 10.2 Å². The molecule has 2 N–H and O–H groups in total. The fourth-order valence-corrected chi connectivity index (χ4v) is 3.98. The summed E-state index contributed by atoms with van der Waals surface area (Å²) in [6.45, 7) is 1.64. The van der Waals surface area contributed by atoms with Gasteiger partial charge in [-0.3, -0.25) is 15.1 Å². The van der Waals surface area contributed by atoms with Gasteiger partial charge < -0.3 is 9.64 Å². The van der Waals surface area contributed by atoms with Crippen LogP contribution in [0.25, 0.3) is 22.0 Å². The molecule has 0 aliphatic rings. The number of amides is 1. The molecule has 0 saturated carbocycles. The van der Waals surface area contributed by atoms with Crippen molar-refractivity contribution in [2.45, 2.75) is 20.1 Å². The monoisotopic (exact) mass is 469 g/mol. The predicted octanol–water partition coefficient (Wildman–Crippen LogP) is 4.55. The zero-order valence-corrected chi connectivity index (χ0v) is 18.9. The number of aromatic nitrogens is 3. The number of carbonyl (C=O) groups excluding carboxylic acids is 1. The average molecular weight is 470 g/mol. The highest BCUT2D eigenvalue weighted by molar-refractivity contribution is 6.30. The molecule has 2 aromatic carbocycles. The van der Waals surface area contributed by atoms with Gasteiger partial charge >= 0.3 is 0 Å². The lowest BCUT2D eigenvalue weighted by atomic mass is 10.0. The van der Waals surface area contributed by atoms with Gasteiger partial charge in [0.05, 0.1) is 35.8 Å². The minimum atomic E-state index is -0.846. The Morgan fingerprint density at radius 3 is 2.85 bits per heavy atom. The van der Waals surface area contributed by atoms with Crippen molar-refractivity contribution in [1.82, 2.24) is 15.1 Å². The molecule has 0 radical (unpaired) electrons. The molecule has 4 rings (SSSR count). The molecule has 0 bridgehead atoms. The quantitative estimate of drug-likeness (QED) is 0.307. The van der Waals surface area contributed by atoms with Gasteiger partial charge in [0.25, 0.3) is 11.6 Å². The van der Waals surface area contributed by atoms with Gasteiger partial charge in [-0.25, -0.2) is 4.39 Å². The van der Waals surface area contributed by atoms with Crippen LogP contribution in [0, 0.1) is 0 Å². The van der Waals surface area contributed by atoms with Crippen molar-refractivity contribution >= 4 is 28.4 Å². The summed E-state index contributed by atoms with van der Waals surface area (Å²) in [5, 5.41) is 18.0. The number of ether oxygens (including phenoxy) is 1. The molecule has 2 heterocycles. The number of carbonyl (C=O) groups is 1. The van der Waals surface area contributed by atoms with Gasteiger partial charge in [-0.1, -0.05) is 23.7 Å². The number of H-pyrrole nitrogens is 1. The van der Waals surface area contributed by atoms with Crippen LogP contribution in [0.4, 0.5) is 4.39 Å². The van der Waals surface area contributed by atoms with Crippen LogP contribution in [-0.2, 0) is 13.2 Å². The molecule has 1 amide bonds. The molecule has 0 atom stereocenters. The predicted molar refractivity (Wildman–Crippen MR) is 122 cm³/mol. The second-order valence-corrected chi connectivity index (χ2v) is 7.99. The molecular weight excluding hydrogens is 447 g/mol. The van der Waals surface area contributed by atoms with Crippen LogP contribution in [0.1, 0.15) is 28.5 Å². The Labute approximate surface area is 194 Å². The van der Waals surface area contributed by atoms with E-state index in [1.807, 2.05) is 31.2 Å². The number of fused-ring (bicyclic) bond motifs is 1. The van der Waals surface area contributed by atoms with Gasteiger partial charge in [-0.2, -0.15) is 5.10 Å². The Bertz CT molecular complexity index is 1320. The first-order chi connectivity index (χ1) is 15.9. The largest absolute Gasteiger partial charge is 0.493 e. The van der Waals surface area contributed by atoms with E-state index in [0.717, 1.165) is 15.9 Å². The molecule has 170 valence electrons. The number of halogens is 2. The minimum absolute atomic E-state index is 0.0921. The number of rotatable bonds is 7. The molecule has 0 unspecified atom stereocenters. The van der Waals surface area contributed by atoms with Crippen LogP contribution in [0.3, 0.4) is 0 Å². The Morgan fingerprint density at radius 2 is 2.12 bits per heavy atom. The number of hydrogen-bond donors (Lipinski definition) is 2. The number of hydrogen-bond acceptors (Lipinski definition) is 4. The van der Waals surface area contributed by atoms with E-state index in [-0.39, 0.29) is 18.1 Å². The first-order valence-corrected chi connectivity index (χ1v) is 10.7. The van der Waals surface area contributed by atoms with Gasteiger partial charge in [-0.05, 0) is 42.8 Å². The Balaban J connectivity index is 1.63. The first-order valence-electron chi connectivity index (χ1n) is 10.4. The summed E-state index contributed by atoms with van der Waals surface area (Å²) in [6, 6.07) is 12.7. The molecule has 4 aromatic rings. The minimum Gasteiger partial charge on any atom is -0.493 e. The second kappa shape index (κ2) is 9.46. The zero-order chi connectivity index (χ0) is 23.5. The lowest BCUT2D eigenvalue weighted by molar-refractivity contribution is -0.909. The molecule has 7 nitrogen and oxygen atoms in total. The lowest BCUT2D eigenvalue weighted by Crippen LogP contribution is -2.36. The molecule has 0 fully saturated rings. The van der Waals surface area contributed by atoms with E-state index in [4.69, 9.17) is 16.3 Å². The molecule has 0 aliphatic carbocycles. The van der Waals surface area contributed by atoms with Crippen molar-refractivity contribution in [3.05, 3.63) is 76.7 Å². The van der Waals surface area contributed by atoms with Crippen molar-refractivity contribution in [2.24, 2.45) is 0 Å². The Morgan fingerprint density at radius 1 is 1.30 bits per heavy atom. The number of aromatic amines is 1. The maximum absolute atomic E-state index is 13.3. The third-order valence-electron chi connectivity index (χ3n) is 5.37. The average Bonchev–Trinajstić information content (AvgIpc) is 3.29. The molecule has 2 aromatic heterocycles. The highest BCUT2D eigenvalue weighted by Crippen LogP contribution is 2.33. The third kappa shape index (κ3) is 4.47. The van der Waals surface area contributed by atoms with Gasteiger partial charge in [0.1, 0.15) is 5.75 Å². The molecular formula is C24H23ClFN4O3+. The smallest absolute Gasteiger partial charge is 0.275 e. The summed E-state index contributed by atoms with van der Waals surface area (Å²) in [6.07, 6.45) is 2.83. The number of alkyl halides is 1. The van der Waals surface area contributed by atoms with Crippen molar-refractivity contribution in [3.63, 3.8) is 0 Å². The van der Waals surface area contributed by atoms with E-state index in [9.17, 15) is 14.4 Å². The summed E-state index contributed by atoms with van der Waals surface area (Å²) < 4.78 is 19.9. The number of nitrogens with one attached hydrogen (secondary N) is 1. The Hall–Kier alpha value is -3.65. The fourth-order valence-electron chi connectivity index (χ4n) is 3.79. The van der Waals surface area contributed by atoms with Crippen LogP contribution < -0.4 is 9.47 Å². The first kappa shape index (κ1) is 22.5. The summed E-state index contributed by atoms with van der Waals surface area (Å²) in [5.74, 6) is 0.343. The van der Waals surface area contributed by atoms with Crippen molar-refractivity contribution in [2.75, 3.05) is 13.7 Å². The lowest BCUT2D eigenvalue weighted by Gasteiger charge is -2.18. The molecule has 33 heavy (non-hydrogen) atoms. The van der Waals surface area contributed by atoms with Gasteiger partial charge in [0, 0.05) is 27.9 Å². The summed E-state index contributed by atoms with van der Waals surface area (Å²) in [5.41, 5.74) is 3.43. The van der Waals surface area contributed by atoms with Crippen molar-refractivity contribution in [1.29, 1.82) is 0 Å². The zero-order valence-electron chi connectivity index (χ0n) is 18.2. The third-order valence-corrected chi connectivity index (χ3v) is 5.61.